The zero-order chi connectivity index (χ0) is 17.4. The van der Waals surface area contributed by atoms with Crippen molar-refractivity contribution in [1.29, 1.82) is 0 Å². The number of anilines is 1. The van der Waals surface area contributed by atoms with E-state index in [2.05, 4.69) is 17.3 Å². The molecule has 0 atom stereocenters. The van der Waals surface area contributed by atoms with E-state index in [1.807, 2.05) is 24.3 Å². The van der Waals surface area contributed by atoms with Crippen molar-refractivity contribution in [3.63, 3.8) is 0 Å². The molecule has 0 spiro atoms. The molecule has 128 valence electrons. The van der Waals surface area contributed by atoms with Crippen molar-refractivity contribution in [1.82, 2.24) is 9.78 Å². The fourth-order valence-electron chi connectivity index (χ4n) is 2.24. The minimum absolute atomic E-state index is 0.195. The highest BCUT2D eigenvalue weighted by molar-refractivity contribution is 6.02. The van der Waals surface area contributed by atoms with Crippen molar-refractivity contribution in [2.24, 2.45) is 0 Å². The number of nitrogens with zero attached hydrogens (tertiary/aromatic N) is 2. The van der Waals surface area contributed by atoms with Gasteiger partial charge < -0.3 is 10.1 Å². The lowest BCUT2D eigenvalue weighted by Gasteiger charge is -2.08. The van der Waals surface area contributed by atoms with E-state index in [0.29, 0.717) is 18.8 Å². The molecule has 0 radical (unpaired) electrons. The van der Waals surface area contributed by atoms with E-state index in [4.69, 9.17) is 4.74 Å². The average Bonchev–Trinajstić information content (AvgIpc) is 2.60. The molecule has 1 N–H and O–H groups in total. The third kappa shape index (κ3) is 5.03. The maximum Gasteiger partial charge on any atom is 0.276 e. The number of unbranched alkanes of at least 4 members (excludes halogenated alkanes) is 1. The Morgan fingerprint density at radius 2 is 1.96 bits per heavy atom. The van der Waals surface area contributed by atoms with Crippen LogP contribution in [0.2, 0.25) is 0 Å². The highest BCUT2D eigenvalue weighted by Crippen LogP contribution is 2.12. The summed E-state index contributed by atoms with van der Waals surface area (Å²) in [4.78, 5) is 24.0. The first-order valence-electron chi connectivity index (χ1n) is 8.11. The number of ether oxygens (including phenoxy) is 1. The molecule has 1 heterocycles. The smallest absolute Gasteiger partial charge is 0.276 e. The molecule has 0 aliphatic carbocycles. The number of rotatable bonds is 8. The Morgan fingerprint density at radius 1 is 1.21 bits per heavy atom. The van der Waals surface area contributed by atoms with Gasteiger partial charge in [-0.1, -0.05) is 25.5 Å². The molecule has 6 nitrogen and oxygen atoms in total. The first-order valence-corrected chi connectivity index (χ1v) is 8.11. The Kier molecular flexibility index (Phi) is 6.69. The van der Waals surface area contributed by atoms with E-state index in [1.54, 1.807) is 7.11 Å². The van der Waals surface area contributed by atoms with Gasteiger partial charge in [0.15, 0.2) is 0 Å². The molecule has 0 saturated carbocycles. The Labute approximate surface area is 141 Å². The zero-order valence-corrected chi connectivity index (χ0v) is 14.1. The number of hydrogen-bond acceptors (Lipinski definition) is 4. The fraction of sp³-hybridized carbons (Fsp3) is 0.389. The van der Waals surface area contributed by atoms with Crippen molar-refractivity contribution in [3.05, 3.63) is 58.0 Å². The third-order valence-electron chi connectivity index (χ3n) is 3.64. The lowest BCUT2D eigenvalue weighted by Crippen LogP contribution is -2.27. The molecule has 0 bridgehead atoms. The topological polar surface area (TPSA) is 73.2 Å². The molecule has 0 saturated heterocycles. The molecule has 6 heteroatoms. The van der Waals surface area contributed by atoms with Crippen molar-refractivity contribution >= 4 is 11.6 Å². The maximum absolute atomic E-state index is 12.3. The minimum Gasteiger partial charge on any atom is -0.383 e. The van der Waals surface area contributed by atoms with Crippen molar-refractivity contribution < 1.29 is 9.53 Å². The largest absolute Gasteiger partial charge is 0.383 e. The maximum atomic E-state index is 12.3. The predicted molar refractivity (Wildman–Crippen MR) is 93.4 cm³/mol. The highest BCUT2D eigenvalue weighted by Gasteiger charge is 2.10. The number of nitrogens with one attached hydrogen (secondary N) is 1. The van der Waals surface area contributed by atoms with E-state index in [-0.39, 0.29) is 17.2 Å². The van der Waals surface area contributed by atoms with E-state index in [1.165, 1.54) is 22.4 Å². The third-order valence-corrected chi connectivity index (χ3v) is 3.64. The second kappa shape index (κ2) is 8.98. The number of methoxy groups -OCH3 is 1. The van der Waals surface area contributed by atoms with Gasteiger partial charge in [0, 0.05) is 18.9 Å². The molecule has 1 aromatic carbocycles. The molecular formula is C18H23N3O3. The second-order valence-electron chi connectivity index (χ2n) is 5.53. The summed E-state index contributed by atoms with van der Waals surface area (Å²) in [5.41, 5.74) is 1.89. The number of carbonyl (C=O) groups excluding carboxylic acids is 1. The highest BCUT2D eigenvalue weighted by atomic mass is 16.5. The van der Waals surface area contributed by atoms with Gasteiger partial charge in [0.25, 0.3) is 11.5 Å². The van der Waals surface area contributed by atoms with Gasteiger partial charge in [-0.15, -0.1) is 0 Å². The molecule has 2 aromatic rings. The summed E-state index contributed by atoms with van der Waals surface area (Å²) >= 11 is 0. The van der Waals surface area contributed by atoms with Crippen LogP contribution in [0.1, 0.15) is 35.8 Å². The monoisotopic (exact) mass is 329 g/mol. The van der Waals surface area contributed by atoms with Crippen LogP contribution in [0.3, 0.4) is 0 Å². The molecule has 1 aromatic heterocycles. The van der Waals surface area contributed by atoms with E-state index < -0.39 is 0 Å². The average molecular weight is 329 g/mol. The quantitative estimate of drug-likeness (QED) is 0.807. The summed E-state index contributed by atoms with van der Waals surface area (Å²) in [5, 5.41) is 6.87. The van der Waals surface area contributed by atoms with Gasteiger partial charge in [-0.05, 0) is 36.6 Å². The number of amides is 1. The first-order chi connectivity index (χ1) is 11.6. The Morgan fingerprint density at radius 3 is 2.62 bits per heavy atom. The molecule has 2 rings (SSSR count). The van der Waals surface area contributed by atoms with Gasteiger partial charge in [0.1, 0.15) is 5.69 Å². The van der Waals surface area contributed by atoms with E-state index in [9.17, 15) is 9.59 Å². The molecule has 0 aliphatic heterocycles. The van der Waals surface area contributed by atoms with Crippen LogP contribution in [0.5, 0.6) is 0 Å². The number of benzene rings is 1. The normalized spacial score (nSPS) is 10.6. The summed E-state index contributed by atoms with van der Waals surface area (Å²) in [7, 11) is 1.55. The van der Waals surface area contributed by atoms with Crippen LogP contribution in [-0.2, 0) is 17.7 Å². The van der Waals surface area contributed by atoms with Gasteiger partial charge in [0.2, 0.25) is 0 Å². The van der Waals surface area contributed by atoms with Crippen molar-refractivity contribution in [3.8, 4) is 0 Å². The van der Waals surface area contributed by atoms with Crippen LogP contribution in [0, 0.1) is 0 Å². The van der Waals surface area contributed by atoms with Crippen molar-refractivity contribution in [2.75, 3.05) is 19.0 Å². The summed E-state index contributed by atoms with van der Waals surface area (Å²) in [6.07, 6.45) is 3.35. The van der Waals surface area contributed by atoms with Crippen molar-refractivity contribution in [2.45, 2.75) is 32.7 Å². The molecule has 1 amide bonds. The van der Waals surface area contributed by atoms with Gasteiger partial charge in [-0.3, -0.25) is 9.59 Å². The predicted octanol–water partition coefficient (Wildman–Crippen LogP) is 2.48. The van der Waals surface area contributed by atoms with Crippen LogP contribution in [-0.4, -0.2) is 29.4 Å². The van der Waals surface area contributed by atoms with Gasteiger partial charge in [-0.25, -0.2) is 4.68 Å². The number of aromatic nitrogens is 2. The molecular weight excluding hydrogens is 306 g/mol. The van der Waals surface area contributed by atoms with Gasteiger partial charge in [0.05, 0.1) is 13.2 Å². The zero-order valence-electron chi connectivity index (χ0n) is 14.1. The lowest BCUT2D eigenvalue weighted by molar-refractivity contribution is 0.101. The van der Waals surface area contributed by atoms with Crippen LogP contribution >= 0.6 is 0 Å². The SMILES string of the molecule is CCCCc1ccc(NC(=O)c2ccc(=O)n(CCOC)n2)cc1. The van der Waals surface area contributed by atoms with Gasteiger partial charge >= 0.3 is 0 Å². The van der Waals surface area contributed by atoms with Gasteiger partial charge in [-0.2, -0.15) is 5.10 Å². The summed E-state index contributed by atoms with van der Waals surface area (Å²) in [5.74, 6) is -0.345. The van der Waals surface area contributed by atoms with E-state index in [0.717, 1.165) is 19.3 Å². The van der Waals surface area contributed by atoms with Crippen LogP contribution in [0.25, 0.3) is 0 Å². The molecule has 0 aliphatic rings. The number of aryl methyl sites for hydroxylation is 1. The molecule has 0 fully saturated rings. The summed E-state index contributed by atoms with van der Waals surface area (Å²) in [6.45, 7) is 2.83. The lowest BCUT2D eigenvalue weighted by atomic mass is 10.1. The van der Waals surface area contributed by atoms with Crippen LogP contribution in [0.15, 0.2) is 41.2 Å². The van der Waals surface area contributed by atoms with Crippen LogP contribution in [0.4, 0.5) is 5.69 Å². The molecule has 0 unspecified atom stereocenters. The second-order valence-corrected chi connectivity index (χ2v) is 5.53. The van der Waals surface area contributed by atoms with Crippen LogP contribution < -0.4 is 10.9 Å². The number of hydrogen-bond donors (Lipinski definition) is 1. The summed E-state index contributed by atoms with van der Waals surface area (Å²) < 4.78 is 6.16. The standard InChI is InChI=1S/C18H23N3O3/c1-3-4-5-14-6-8-15(9-7-14)19-18(23)16-10-11-17(22)21(20-16)12-13-24-2/h6-11H,3-5,12-13H2,1-2H3,(H,19,23). The molecule has 24 heavy (non-hydrogen) atoms. The Hall–Kier alpha value is -2.47. The number of carbonyl (C=O) groups is 1. The van der Waals surface area contributed by atoms with E-state index >= 15 is 0 Å². The minimum atomic E-state index is -0.345. The Bertz CT molecular complexity index is 723. The Balaban J connectivity index is 2.05. The first kappa shape index (κ1) is 17.9. The summed E-state index contributed by atoms with van der Waals surface area (Å²) in [6, 6.07) is 10.5. The fourth-order valence-corrected chi connectivity index (χ4v) is 2.24.